The third-order valence-electron chi connectivity index (χ3n) is 2.00. The molecule has 0 spiro atoms. The molecule has 0 atom stereocenters. The van der Waals surface area contributed by atoms with Gasteiger partial charge in [-0.3, -0.25) is 0 Å². The molecular weight excluding hydrogens is 258 g/mol. The minimum absolute atomic E-state index is 0.120. The number of carboxylic acids is 1. The number of hydrogen-bond acceptors (Lipinski definition) is 3. The van der Waals surface area contributed by atoms with Crippen LogP contribution in [-0.2, 0) is 0 Å². The minimum Gasteiger partial charge on any atom is -0.485 e. The first kappa shape index (κ1) is 14.1. The molecule has 1 aromatic carbocycles. The molecule has 0 amide bonds. The van der Waals surface area contributed by atoms with Crippen molar-refractivity contribution in [3.8, 4) is 5.75 Å². The van der Waals surface area contributed by atoms with Crippen LogP contribution in [0.4, 0.5) is 23.2 Å². The molecule has 0 heterocycles. The van der Waals surface area contributed by atoms with Gasteiger partial charge in [0, 0.05) is 0 Å². The number of nitrogens with two attached hydrogens (primary N) is 1. The fraction of sp³-hybridized carbons (Fsp3) is 0.300. The van der Waals surface area contributed by atoms with E-state index in [2.05, 4.69) is 4.74 Å². The second kappa shape index (κ2) is 5.11. The van der Waals surface area contributed by atoms with Crippen LogP contribution in [0.2, 0.25) is 0 Å². The SMILES string of the molecule is Nc1ccc(C(=O)O)cc1OCC(F)(F)C(F)F. The van der Waals surface area contributed by atoms with Crippen LogP contribution in [0.25, 0.3) is 0 Å². The number of nitrogen functional groups attached to an aromatic ring is 1. The van der Waals surface area contributed by atoms with Crippen LogP contribution in [0.15, 0.2) is 18.2 Å². The van der Waals surface area contributed by atoms with Gasteiger partial charge in [0.15, 0.2) is 6.61 Å². The van der Waals surface area contributed by atoms with Gasteiger partial charge >= 0.3 is 18.3 Å². The normalized spacial score (nSPS) is 11.6. The second-order valence-corrected chi connectivity index (χ2v) is 3.41. The summed E-state index contributed by atoms with van der Waals surface area (Å²) >= 11 is 0. The van der Waals surface area contributed by atoms with E-state index in [0.717, 1.165) is 18.2 Å². The van der Waals surface area contributed by atoms with Gasteiger partial charge in [0.1, 0.15) is 5.75 Å². The summed E-state index contributed by atoms with van der Waals surface area (Å²) in [6, 6.07) is 3.15. The van der Waals surface area contributed by atoms with Gasteiger partial charge in [-0.05, 0) is 18.2 Å². The summed E-state index contributed by atoms with van der Waals surface area (Å²) in [5.41, 5.74) is 4.97. The van der Waals surface area contributed by atoms with E-state index in [1.54, 1.807) is 0 Å². The number of hydrogen-bond donors (Lipinski definition) is 2. The Bertz CT molecular complexity index is 451. The third kappa shape index (κ3) is 3.25. The van der Waals surface area contributed by atoms with Crippen molar-refractivity contribution in [3.05, 3.63) is 23.8 Å². The van der Waals surface area contributed by atoms with Crippen molar-refractivity contribution < 1.29 is 32.2 Å². The summed E-state index contributed by atoms with van der Waals surface area (Å²) in [4.78, 5) is 10.6. The zero-order valence-electron chi connectivity index (χ0n) is 8.87. The Morgan fingerprint density at radius 1 is 1.44 bits per heavy atom. The average Bonchev–Trinajstić information content (AvgIpc) is 2.27. The van der Waals surface area contributed by atoms with Crippen LogP contribution in [0.5, 0.6) is 5.75 Å². The number of ether oxygens (including phenoxy) is 1. The smallest absolute Gasteiger partial charge is 0.340 e. The second-order valence-electron chi connectivity index (χ2n) is 3.41. The first-order chi connectivity index (χ1) is 8.24. The van der Waals surface area contributed by atoms with E-state index in [0.29, 0.717) is 0 Å². The molecule has 0 fully saturated rings. The summed E-state index contributed by atoms with van der Waals surface area (Å²) in [5, 5.41) is 8.65. The van der Waals surface area contributed by atoms with Crippen LogP contribution in [0.1, 0.15) is 10.4 Å². The number of benzene rings is 1. The molecule has 0 aliphatic heterocycles. The first-order valence-corrected chi connectivity index (χ1v) is 4.65. The lowest BCUT2D eigenvalue weighted by atomic mass is 10.2. The van der Waals surface area contributed by atoms with E-state index < -0.39 is 24.9 Å². The summed E-state index contributed by atoms with van der Waals surface area (Å²) < 4.78 is 53.4. The molecule has 3 N–H and O–H groups in total. The number of rotatable bonds is 5. The van der Waals surface area contributed by atoms with Gasteiger partial charge in [-0.1, -0.05) is 0 Å². The summed E-state index contributed by atoms with van der Waals surface area (Å²) in [7, 11) is 0. The monoisotopic (exact) mass is 267 g/mol. The van der Waals surface area contributed by atoms with Crippen molar-refractivity contribution in [3.63, 3.8) is 0 Å². The molecule has 0 saturated carbocycles. The minimum atomic E-state index is -4.33. The molecule has 0 saturated heterocycles. The molecule has 4 nitrogen and oxygen atoms in total. The molecular formula is C10H9F4NO3. The van der Waals surface area contributed by atoms with Crippen molar-refractivity contribution >= 4 is 11.7 Å². The largest absolute Gasteiger partial charge is 0.485 e. The van der Waals surface area contributed by atoms with E-state index in [9.17, 15) is 22.4 Å². The molecule has 0 unspecified atom stereocenters. The Kier molecular flexibility index (Phi) is 4.00. The van der Waals surface area contributed by atoms with E-state index in [4.69, 9.17) is 10.8 Å². The average molecular weight is 267 g/mol. The van der Waals surface area contributed by atoms with E-state index in [1.165, 1.54) is 0 Å². The highest BCUT2D eigenvalue weighted by Crippen LogP contribution is 2.27. The maximum atomic E-state index is 12.6. The van der Waals surface area contributed by atoms with Crippen LogP contribution < -0.4 is 10.5 Å². The van der Waals surface area contributed by atoms with Crippen LogP contribution in [0, 0.1) is 0 Å². The molecule has 1 aromatic rings. The van der Waals surface area contributed by atoms with E-state index in [1.807, 2.05) is 0 Å². The van der Waals surface area contributed by atoms with Crippen molar-refractivity contribution in [2.75, 3.05) is 12.3 Å². The molecule has 1 rings (SSSR count). The lowest BCUT2D eigenvalue weighted by Gasteiger charge is -2.17. The fourth-order valence-electron chi connectivity index (χ4n) is 1.03. The summed E-state index contributed by atoms with van der Waals surface area (Å²) in [6.07, 6.45) is -3.87. The molecule has 8 heteroatoms. The maximum Gasteiger partial charge on any atom is 0.340 e. The lowest BCUT2D eigenvalue weighted by molar-refractivity contribution is -0.148. The topological polar surface area (TPSA) is 72.6 Å². The van der Waals surface area contributed by atoms with Gasteiger partial charge in [0.2, 0.25) is 0 Å². The molecule has 0 radical (unpaired) electrons. The molecule has 0 bridgehead atoms. The molecule has 0 aliphatic carbocycles. The van der Waals surface area contributed by atoms with Crippen molar-refractivity contribution in [2.45, 2.75) is 12.3 Å². The summed E-state index contributed by atoms with van der Waals surface area (Å²) in [5.74, 6) is -6.03. The van der Waals surface area contributed by atoms with Crippen molar-refractivity contribution in [1.82, 2.24) is 0 Å². The van der Waals surface area contributed by atoms with Gasteiger partial charge in [-0.2, -0.15) is 8.78 Å². The number of aromatic carboxylic acids is 1. The Morgan fingerprint density at radius 2 is 2.06 bits per heavy atom. The van der Waals surface area contributed by atoms with Gasteiger partial charge in [-0.25, -0.2) is 13.6 Å². The van der Waals surface area contributed by atoms with Crippen molar-refractivity contribution in [2.24, 2.45) is 0 Å². The van der Waals surface area contributed by atoms with Gasteiger partial charge < -0.3 is 15.6 Å². The lowest BCUT2D eigenvalue weighted by Crippen LogP contribution is -2.33. The molecule has 0 aliphatic rings. The number of carbonyl (C=O) groups is 1. The van der Waals surface area contributed by atoms with Crippen LogP contribution in [-0.4, -0.2) is 30.0 Å². The first-order valence-electron chi connectivity index (χ1n) is 4.65. The predicted molar refractivity (Wildman–Crippen MR) is 54.3 cm³/mol. The zero-order chi connectivity index (χ0) is 13.9. The highest BCUT2D eigenvalue weighted by Gasteiger charge is 2.41. The van der Waals surface area contributed by atoms with Gasteiger partial charge in [0.05, 0.1) is 11.3 Å². The van der Waals surface area contributed by atoms with E-state index in [-0.39, 0.29) is 17.0 Å². The Labute approximate surface area is 99.0 Å². The number of carboxylic acid groups (broad SMARTS) is 1. The number of anilines is 1. The van der Waals surface area contributed by atoms with Crippen LogP contribution >= 0.6 is 0 Å². The summed E-state index contributed by atoms with van der Waals surface area (Å²) in [6.45, 7) is -1.59. The fourth-order valence-corrected chi connectivity index (χ4v) is 1.03. The van der Waals surface area contributed by atoms with Gasteiger partial charge in [0.25, 0.3) is 0 Å². The predicted octanol–water partition coefficient (Wildman–Crippen LogP) is 2.25. The quantitative estimate of drug-likeness (QED) is 0.634. The van der Waals surface area contributed by atoms with Crippen molar-refractivity contribution in [1.29, 1.82) is 0 Å². The standard InChI is InChI=1S/C10H9F4NO3/c11-9(12)10(13,14)4-18-7-3-5(8(16)17)1-2-6(7)15/h1-3,9H,4,15H2,(H,16,17). The Balaban J connectivity index is 2.85. The zero-order valence-corrected chi connectivity index (χ0v) is 8.87. The third-order valence-corrected chi connectivity index (χ3v) is 2.00. The van der Waals surface area contributed by atoms with Gasteiger partial charge in [-0.15, -0.1) is 0 Å². The van der Waals surface area contributed by atoms with Crippen LogP contribution in [0.3, 0.4) is 0 Å². The maximum absolute atomic E-state index is 12.6. The van der Waals surface area contributed by atoms with E-state index >= 15 is 0 Å². The number of halogens is 4. The Morgan fingerprint density at radius 3 is 2.56 bits per heavy atom. The molecule has 0 aromatic heterocycles. The highest BCUT2D eigenvalue weighted by atomic mass is 19.3. The molecule has 100 valence electrons. The Hall–Kier alpha value is -1.99. The number of alkyl halides is 4. The highest BCUT2D eigenvalue weighted by molar-refractivity contribution is 5.89. The molecule has 18 heavy (non-hydrogen) atoms.